The van der Waals surface area contributed by atoms with Gasteiger partial charge in [-0.1, -0.05) is 65.2 Å². The minimum Gasteiger partial charge on any atom is -0.469 e. The molecule has 0 aromatic rings. The van der Waals surface area contributed by atoms with Crippen LogP contribution in [-0.4, -0.2) is 13.1 Å². The number of carbonyl (C=O) groups excluding carboxylic acids is 1. The van der Waals surface area contributed by atoms with Crippen LogP contribution in [0.3, 0.4) is 0 Å². The van der Waals surface area contributed by atoms with Gasteiger partial charge in [0.15, 0.2) is 0 Å². The van der Waals surface area contributed by atoms with Gasteiger partial charge in [-0.05, 0) is 111 Å². The van der Waals surface area contributed by atoms with Gasteiger partial charge in [-0.2, -0.15) is 0 Å². The Labute approximate surface area is 205 Å². The minimum absolute atomic E-state index is 0.00169. The van der Waals surface area contributed by atoms with Gasteiger partial charge in [0.25, 0.3) is 0 Å². The van der Waals surface area contributed by atoms with Crippen LogP contribution >= 0.6 is 0 Å². The highest BCUT2D eigenvalue weighted by molar-refractivity contribution is 5.78. The first-order valence-electron chi connectivity index (χ1n) is 12.8. The van der Waals surface area contributed by atoms with Crippen molar-refractivity contribution in [3.05, 3.63) is 58.2 Å². The number of carbonyl (C=O) groups is 1. The molecule has 0 aromatic heterocycles. The number of hydrogen-bond donors (Lipinski definition) is 0. The summed E-state index contributed by atoms with van der Waals surface area (Å²) in [5.74, 6) is 0.246. The number of allylic oxidation sites excluding steroid dienone is 10. The zero-order valence-electron chi connectivity index (χ0n) is 23.0. The summed E-state index contributed by atoms with van der Waals surface area (Å²) in [6.45, 7) is 17.6. The Morgan fingerprint density at radius 1 is 0.727 bits per heavy atom. The second-order valence-electron chi connectivity index (χ2n) is 10.9. The van der Waals surface area contributed by atoms with E-state index in [2.05, 4.69) is 85.8 Å². The first-order valence-corrected chi connectivity index (χ1v) is 12.8. The van der Waals surface area contributed by atoms with E-state index in [1.807, 2.05) is 0 Å². The van der Waals surface area contributed by atoms with Crippen LogP contribution < -0.4 is 0 Å². The summed E-state index contributed by atoms with van der Waals surface area (Å²) in [6, 6.07) is 0. The van der Waals surface area contributed by atoms with Crippen LogP contribution in [0, 0.1) is 17.3 Å². The molecule has 0 aromatic carbocycles. The molecule has 0 heterocycles. The quantitative estimate of drug-likeness (QED) is 0.193. The van der Waals surface area contributed by atoms with Crippen LogP contribution in [0.25, 0.3) is 0 Å². The van der Waals surface area contributed by atoms with Gasteiger partial charge >= 0.3 is 5.97 Å². The van der Waals surface area contributed by atoms with Gasteiger partial charge in [0.05, 0.1) is 13.0 Å². The van der Waals surface area contributed by atoms with Crippen molar-refractivity contribution in [1.82, 2.24) is 0 Å². The molecule has 0 saturated heterocycles. The molecule has 0 amide bonds. The topological polar surface area (TPSA) is 26.3 Å². The maximum absolute atomic E-state index is 12.4. The highest BCUT2D eigenvalue weighted by Crippen LogP contribution is 2.63. The summed E-state index contributed by atoms with van der Waals surface area (Å²) in [4.78, 5) is 12.4. The Kier molecular flexibility index (Phi) is 12.8. The van der Waals surface area contributed by atoms with Crippen LogP contribution in [0.1, 0.15) is 107 Å². The molecular formula is C31H50O2. The predicted molar refractivity (Wildman–Crippen MR) is 144 cm³/mol. The Morgan fingerprint density at radius 2 is 1.18 bits per heavy atom. The highest BCUT2D eigenvalue weighted by atomic mass is 16.5. The van der Waals surface area contributed by atoms with Crippen molar-refractivity contribution in [3.8, 4) is 0 Å². The van der Waals surface area contributed by atoms with Gasteiger partial charge in [-0.25, -0.2) is 0 Å². The average Bonchev–Trinajstić information content (AvgIpc) is 3.29. The van der Waals surface area contributed by atoms with Crippen LogP contribution in [0.4, 0.5) is 0 Å². The molecule has 186 valence electrons. The molecule has 1 aliphatic rings. The summed E-state index contributed by atoms with van der Waals surface area (Å²) in [6.07, 6.45) is 20.4. The number of methoxy groups -OCH3 is 1. The third-order valence-electron chi connectivity index (χ3n) is 7.03. The van der Waals surface area contributed by atoms with Crippen molar-refractivity contribution in [3.63, 3.8) is 0 Å². The zero-order chi connectivity index (χ0) is 25.0. The predicted octanol–water partition coefficient (Wildman–Crippen LogP) is 9.30. The van der Waals surface area contributed by atoms with Crippen LogP contribution in [-0.2, 0) is 9.53 Å². The molecule has 0 bridgehead atoms. The monoisotopic (exact) mass is 454 g/mol. The molecule has 2 heteroatoms. The fraction of sp³-hybridized carbons (Fsp3) is 0.645. The second-order valence-corrected chi connectivity index (χ2v) is 10.9. The smallest absolute Gasteiger partial charge is 0.309 e. The lowest BCUT2D eigenvalue weighted by Crippen LogP contribution is -2.09. The maximum Gasteiger partial charge on any atom is 0.309 e. The first-order chi connectivity index (χ1) is 15.5. The van der Waals surface area contributed by atoms with Gasteiger partial charge in [0, 0.05) is 0 Å². The van der Waals surface area contributed by atoms with E-state index in [0.29, 0.717) is 5.92 Å². The maximum atomic E-state index is 12.4. The Bertz CT molecular complexity index is 782. The lowest BCUT2D eigenvalue weighted by atomic mass is 9.95. The van der Waals surface area contributed by atoms with E-state index in [9.17, 15) is 4.79 Å². The molecule has 0 spiro atoms. The van der Waals surface area contributed by atoms with Crippen LogP contribution in [0.5, 0.6) is 0 Å². The SMILES string of the molecule is COC(=O)[C@@H]1[C@@H](/C=C(/C)CC/C=C(/C)CCC=C(C)C)[C@@]1(C)CC/C=C(\C)CCC=C(C)C. The van der Waals surface area contributed by atoms with Gasteiger partial charge in [-0.3, -0.25) is 4.79 Å². The van der Waals surface area contributed by atoms with Crippen LogP contribution in [0.15, 0.2) is 58.2 Å². The number of hydrogen-bond acceptors (Lipinski definition) is 2. The standard InChI is InChI=1S/C31H50O2/c1-23(2)14-10-16-25(5)18-12-19-27(7)22-28-29(30(32)33-9)31(28,8)21-13-20-26(6)17-11-15-24(3)4/h14-15,18,20,22,28-29H,10-13,16-17,19,21H2,1-9H3/b25-18-,26-20+,27-22-/t28-,29+,31-/m1/s1. The van der Waals surface area contributed by atoms with Gasteiger partial charge in [-0.15, -0.1) is 0 Å². The zero-order valence-corrected chi connectivity index (χ0v) is 23.0. The van der Waals surface area contributed by atoms with Crippen molar-refractivity contribution >= 4 is 5.97 Å². The molecule has 1 aliphatic carbocycles. The molecule has 3 atom stereocenters. The first kappa shape index (κ1) is 29.2. The Morgan fingerprint density at radius 3 is 1.67 bits per heavy atom. The van der Waals surface area contributed by atoms with E-state index in [0.717, 1.165) is 51.4 Å². The van der Waals surface area contributed by atoms with Gasteiger partial charge in [0.2, 0.25) is 0 Å². The highest BCUT2D eigenvalue weighted by Gasteiger charge is 2.63. The molecular weight excluding hydrogens is 404 g/mol. The van der Waals surface area contributed by atoms with E-state index in [4.69, 9.17) is 4.74 Å². The molecule has 0 radical (unpaired) electrons. The summed E-state index contributed by atoms with van der Waals surface area (Å²) >= 11 is 0. The van der Waals surface area contributed by atoms with E-state index in [1.165, 1.54) is 35.0 Å². The van der Waals surface area contributed by atoms with Crippen molar-refractivity contribution < 1.29 is 9.53 Å². The normalized spacial score (nSPS) is 23.2. The summed E-state index contributed by atoms with van der Waals surface area (Å²) < 4.78 is 5.15. The van der Waals surface area contributed by atoms with Crippen molar-refractivity contribution in [1.29, 1.82) is 0 Å². The molecule has 1 fully saturated rings. The van der Waals surface area contributed by atoms with Gasteiger partial charge < -0.3 is 4.74 Å². The second kappa shape index (κ2) is 14.4. The molecule has 1 saturated carbocycles. The molecule has 1 rings (SSSR count). The van der Waals surface area contributed by atoms with E-state index < -0.39 is 0 Å². The van der Waals surface area contributed by atoms with Crippen molar-refractivity contribution in [2.24, 2.45) is 17.3 Å². The number of ether oxygens (including phenoxy) is 1. The fourth-order valence-electron chi connectivity index (χ4n) is 4.70. The summed E-state index contributed by atoms with van der Waals surface area (Å²) in [5, 5.41) is 0. The fourth-order valence-corrected chi connectivity index (χ4v) is 4.70. The van der Waals surface area contributed by atoms with E-state index in [1.54, 1.807) is 0 Å². The molecule has 33 heavy (non-hydrogen) atoms. The van der Waals surface area contributed by atoms with Crippen molar-refractivity contribution in [2.45, 2.75) is 107 Å². The lowest BCUT2D eigenvalue weighted by Gasteiger charge is -2.10. The molecule has 0 aliphatic heterocycles. The Hall–Kier alpha value is -1.83. The number of esters is 1. The third-order valence-corrected chi connectivity index (χ3v) is 7.03. The average molecular weight is 455 g/mol. The van der Waals surface area contributed by atoms with Crippen LogP contribution in [0.2, 0.25) is 0 Å². The van der Waals surface area contributed by atoms with E-state index >= 15 is 0 Å². The summed E-state index contributed by atoms with van der Waals surface area (Å²) in [5.41, 5.74) is 7.09. The molecule has 0 unspecified atom stereocenters. The minimum atomic E-state index is -0.0502. The summed E-state index contributed by atoms with van der Waals surface area (Å²) in [7, 11) is 1.52. The third kappa shape index (κ3) is 10.8. The van der Waals surface area contributed by atoms with Gasteiger partial charge in [0.1, 0.15) is 0 Å². The van der Waals surface area contributed by atoms with E-state index in [-0.39, 0.29) is 17.3 Å². The largest absolute Gasteiger partial charge is 0.469 e. The molecule has 0 N–H and O–H groups in total. The molecule has 2 nitrogen and oxygen atoms in total. The number of rotatable bonds is 14. The Balaban J connectivity index is 2.65. The lowest BCUT2D eigenvalue weighted by molar-refractivity contribution is -0.143. The van der Waals surface area contributed by atoms with Crippen molar-refractivity contribution in [2.75, 3.05) is 7.11 Å².